The number of carboxylic acids is 1. The third kappa shape index (κ3) is 7.42. The summed E-state index contributed by atoms with van der Waals surface area (Å²) in [4.78, 5) is 37.0. The molecule has 0 bridgehead atoms. The van der Waals surface area contributed by atoms with Crippen LogP contribution in [0.4, 0.5) is 11.4 Å². The van der Waals surface area contributed by atoms with E-state index in [9.17, 15) is 14.7 Å². The molecule has 2 aliphatic heterocycles. The van der Waals surface area contributed by atoms with Crippen molar-refractivity contribution in [2.75, 3.05) is 30.4 Å². The Morgan fingerprint density at radius 1 is 0.863 bits per heavy atom. The molecule has 5 aromatic carbocycles. The van der Waals surface area contributed by atoms with Gasteiger partial charge in [-0.25, -0.2) is 4.79 Å². The number of fused-ring (bicyclic) bond motifs is 1. The first-order valence-corrected chi connectivity index (χ1v) is 17.5. The van der Waals surface area contributed by atoms with Crippen molar-refractivity contribution in [2.24, 2.45) is 4.99 Å². The van der Waals surface area contributed by atoms with Crippen molar-refractivity contribution in [1.29, 1.82) is 0 Å². The lowest BCUT2D eigenvalue weighted by Crippen LogP contribution is -2.44. The molecule has 0 unspecified atom stereocenters. The zero-order valence-electron chi connectivity index (χ0n) is 28.7. The lowest BCUT2D eigenvalue weighted by atomic mass is 9.87. The van der Waals surface area contributed by atoms with E-state index < -0.39 is 18.1 Å². The maximum absolute atomic E-state index is 14.0. The average molecular weight is 679 g/mol. The van der Waals surface area contributed by atoms with Gasteiger partial charge >= 0.3 is 5.97 Å². The van der Waals surface area contributed by atoms with Crippen LogP contribution < -0.4 is 15.0 Å². The van der Waals surface area contributed by atoms with E-state index in [0.717, 1.165) is 48.2 Å². The molecular formula is C43H42N4O4. The first-order valence-electron chi connectivity index (χ1n) is 17.5. The summed E-state index contributed by atoms with van der Waals surface area (Å²) in [6.45, 7) is 2.16. The summed E-state index contributed by atoms with van der Waals surface area (Å²) in [5, 5.41) is 14.3. The van der Waals surface area contributed by atoms with Gasteiger partial charge in [0.25, 0.3) is 0 Å². The summed E-state index contributed by atoms with van der Waals surface area (Å²) in [6, 6.07) is 41.1. The average Bonchev–Trinajstić information content (AvgIpc) is 3.64. The van der Waals surface area contributed by atoms with Gasteiger partial charge in [0.05, 0.1) is 30.6 Å². The molecule has 2 N–H and O–H groups in total. The van der Waals surface area contributed by atoms with E-state index >= 15 is 0 Å². The van der Waals surface area contributed by atoms with Crippen molar-refractivity contribution in [2.45, 2.75) is 43.9 Å². The van der Waals surface area contributed by atoms with Crippen molar-refractivity contribution < 1.29 is 19.4 Å². The van der Waals surface area contributed by atoms with Gasteiger partial charge in [0.1, 0.15) is 5.75 Å². The van der Waals surface area contributed by atoms with Gasteiger partial charge in [-0.2, -0.15) is 0 Å². The number of ether oxygens (including phenoxy) is 1. The molecule has 2 heterocycles. The largest absolute Gasteiger partial charge is 0.497 e. The summed E-state index contributed by atoms with van der Waals surface area (Å²) in [7, 11) is 1.63. The Labute approximate surface area is 299 Å². The number of amides is 1. The molecule has 0 aliphatic carbocycles. The third-order valence-corrected chi connectivity index (χ3v) is 9.92. The Morgan fingerprint density at radius 3 is 2.37 bits per heavy atom. The Morgan fingerprint density at radius 2 is 1.59 bits per heavy atom. The van der Waals surface area contributed by atoms with Crippen LogP contribution in [0.15, 0.2) is 138 Å². The predicted octanol–water partition coefficient (Wildman–Crippen LogP) is 7.39. The second kappa shape index (κ2) is 15.4. The fourth-order valence-electron chi connectivity index (χ4n) is 7.46. The number of carbonyl (C=O) groups is 2. The van der Waals surface area contributed by atoms with Gasteiger partial charge in [-0.1, -0.05) is 109 Å². The van der Waals surface area contributed by atoms with Crippen LogP contribution in [0.5, 0.6) is 5.75 Å². The molecule has 1 fully saturated rings. The number of carboxylic acid groups (broad SMARTS) is 1. The summed E-state index contributed by atoms with van der Waals surface area (Å²) in [5.41, 5.74) is 6.57. The first kappa shape index (κ1) is 33.8. The minimum Gasteiger partial charge on any atom is -0.497 e. The van der Waals surface area contributed by atoms with Gasteiger partial charge in [0.2, 0.25) is 5.91 Å². The smallest absolute Gasteiger partial charge is 0.330 e. The molecule has 1 amide bonds. The van der Waals surface area contributed by atoms with Gasteiger partial charge in [-0.15, -0.1) is 0 Å². The quantitative estimate of drug-likeness (QED) is 0.142. The molecule has 8 nitrogen and oxygen atoms in total. The number of aliphatic imine (C=N–C) groups is 1. The third-order valence-electron chi connectivity index (χ3n) is 9.92. The summed E-state index contributed by atoms with van der Waals surface area (Å²) < 4.78 is 5.55. The van der Waals surface area contributed by atoms with Gasteiger partial charge in [0, 0.05) is 36.0 Å². The van der Waals surface area contributed by atoms with Gasteiger partial charge in [-0.3, -0.25) is 14.7 Å². The highest BCUT2D eigenvalue weighted by Gasteiger charge is 2.39. The van der Waals surface area contributed by atoms with Crippen molar-refractivity contribution >= 4 is 29.0 Å². The number of para-hydroxylation sites is 1. The van der Waals surface area contributed by atoms with E-state index in [1.807, 2.05) is 115 Å². The highest BCUT2D eigenvalue weighted by molar-refractivity contribution is 6.17. The SMILES string of the molecule is COc1cccc(N2CCc3ccccc3[C@H]2[C@H](N=C(c2ccccc2)c2ccccc2NC(=O)[C@@H]2CCCN2Cc2ccccc2)C(=O)O)c1. The second-order valence-corrected chi connectivity index (χ2v) is 13.1. The van der Waals surface area contributed by atoms with Crippen molar-refractivity contribution in [3.05, 3.63) is 161 Å². The maximum Gasteiger partial charge on any atom is 0.330 e. The molecule has 3 atom stereocenters. The number of nitrogens with one attached hydrogen (secondary N) is 1. The van der Waals surface area contributed by atoms with Crippen LogP contribution in [0.1, 0.15) is 46.7 Å². The Bertz CT molecular complexity index is 2020. The van der Waals surface area contributed by atoms with Gasteiger partial charge in [0.15, 0.2) is 6.04 Å². The minimum atomic E-state index is -1.19. The molecule has 258 valence electrons. The van der Waals surface area contributed by atoms with Gasteiger partial charge in [-0.05, 0) is 60.7 Å². The van der Waals surface area contributed by atoms with E-state index in [1.165, 1.54) is 5.56 Å². The molecule has 0 spiro atoms. The number of hydrogen-bond donors (Lipinski definition) is 2. The molecule has 8 heteroatoms. The molecule has 0 radical (unpaired) electrons. The van der Waals surface area contributed by atoms with E-state index in [2.05, 4.69) is 33.3 Å². The highest BCUT2D eigenvalue weighted by atomic mass is 16.5. The fraction of sp³-hybridized carbons (Fsp3) is 0.233. The van der Waals surface area contributed by atoms with Crippen molar-refractivity contribution in [3.8, 4) is 5.75 Å². The minimum absolute atomic E-state index is 0.0801. The molecule has 7 rings (SSSR count). The van der Waals surface area contributed by atoms with E-state index in [-0.39, 0.29) is 11.9 Å². The molecule has 1 saturated heterocycles. The maximum atomic E-state index is 14.0. The van der Waals surface area contributed by atoms with E-state index in [0.29, 0.717) is 35.8 Å². The number of carbonyl (C=O) groups excluding carboxylic acids is 1. The van der Waals surface area contributed by atoms with Crippen LogP contribution >= 0.6 is 0 Å². The normalized spacial score (nSPS) is 18.1. The summed E-state index contributed by atoms with van der Waals surface area (Å²) >= 11 is 0. The molecular weight excluding hydrogens is 636 g/mol. The van der Waals surface area contributed by atoms with Crippen LogP contribution in [-0.2, 0) is 22.6 Å². The van der Waals surface area contributed by atoms with Crippen molar-refractivity contribution in [1.82, 2.24) is 4.90 Å². The van der Waals surface area contributed by atoms with Gasteiger partial charge < -0.3 is 20.1 Å². The topological polar surface area (TPSA) is 94.5 Å². The van der Waals surface area contributed by atoms with Crippen molar-refractivity contribution in [3.63, 3.8) is 0 Å². The number of anilines is 2. The summed E-state index contributed by atoms with van der Waals surface area (Å²) in [6.07, 6.45) is 2.47. The number of nitrogens with zero attached hydrogens (tertiary/aromatic N) is 3. The number of benzene rings is 5. The Balaban J connectivity index is 1.29. The fourth-order valence-corrected chi connectivity index (χ4v) is 7.46. The zero-order chi connectivity index (χ0) is 35.2. The van der Waals surface area contributed by atoms with Crippen LogP contribution in [0.3, 0.4) is 0 Å². The van der Waals surface area contributed by atoms with Crippen LogP contribution in [0.25, 0.3) is 0 Å². The highest BCUT2D eigenvalue weighted by Crippen LogP contribution is 2.39. The van der Waals surface area contributed by atoms with E-state index in [4.69, 9.17) is 9.73 Å². The van der Waals surface area contributed by atoms with Crippen LogP contribution in [0, 0.1) is 0 Å². The molecule has 0 saturated carbocycles. The number of likely N-dealkylation sites (tertiary alicyclic amines) is 1. The van der Waals surface area contributed by atoms with Crippen LogP contribution in [0.2, 0.25) is 0 Å². The standard InChI is InChI=1S/C43H42N4O4/c1-51-34-20-12-19-33(28-34)47-27-25-31-16-8-9-21-35(31)41(47)40(43(49)50)45-39(32-17-6-3-7-18-32)36-22-10-11-23-37(36)44-42(48)38-24-13-26-46(38)29-30-14-4-2-5-15-30/h2-12,14-23,28,38,40-41H,13,24-27,29H2,1H3,(H,44,48)(H,49,50)/t38-,40-,41-/m0/s1. The molecule has 2 aliphatic rings. The Hall–Kier alpha value is -5.73. The van der Waals surface area contributed by atoms with E-state index in [1.54, 1.807) is 7.11 Å². The molecule has 5 aromatic rings. The molecule has 0 aromatic heterocycles. The lowest BCUT2D eigenvalue weighted by molar-refractivity contribution is -0.139. The zero-order valence-corrected chi connectivity index (χ0v) is 28.7. The number of methoxy groups -OCH3 is 1. The molecule has 51 heavy (non-hydrogen) atoms. The lowest BCUT2D eigenvalue weighted by Gasteiger charge is -2.41. The monoisotopic (exact) mass is 678 g/mol. The predicted molar refractivity (Wildman–Crippen MR) is 202 cm³/mol. The number of rotatable bonds is 11. The Kier molecular flexibility index (Phi) is 10.2. The first-order chi connectivity index (χ1) is 25.0. The second-order valence-electron chi connectivity index (χ2n) is 13.1. The van der Waals surface area contributed by atoms with Crippen LogP contribution in [-0.4, -0.2) is 59.9 Å². The number of hydrogen-bond acceptors (Lipinski definition) is 6. The summed E-state index contributed by atoms with van der Waals surface area (Å²) in [5.74, 6) is -0.426. The number of aliphatic carboxylic acids is 1.